The summed E-state index contributed by atoms with van der Waals surface area (Å²) in [5, 5.41) is 8.75. The van der Waals surface area contributed by atoms with Crippen molar-refractivity contribution in [3.63, 3.8) is 0 Å². The number of oxazole rings is 1. The summed E-state index contributed by atoms with van der Waals surface area (Å²) in [6.07, 6.45) is 0.109. The first kappa shape index (κ1) is 13.3. The standard InChI is InChI=1S/C12H15N3O4/c1-15-9-3-2-6(4-10(9)19-12(15)18)7(13)5-8(14)11(16)17/h2-4,7-8H,5,13-14H2,1H3,(H,16,17). The van der Waals surface area contributed by atoms with Gasteiger partial charge in [-0.25, -0.2) is 4.79 Å². The molecule has 2 aromatic rings. The first-order valence-electron chi connectivity index (χ1n) is 5.73. The van der Waals surface area contributed by atoms with Gasteiger partial charge in [0.1, 0.15) is 6.04 Å². The van der Waals surface area contributed by atoms with Crippen LogP contribution in [0.15, 0.2) is 27.4 Å². The third-order valence-electron chi connectivity index (χ3n) is 3.07. The molecule has 0 radical (unpaired) electrons. The minimum Gasteiger partial charge on any atom is -0.480 e. The Bertz CT molecular complexity index is 673. The molecule has 19 heavy (non-hydrogen) atoms. The molecule has 1 heterocycles. The van der Waals surface area contributed by atoms with Crippen molar-refractivity contribution >= 4 is 17.1 Å². The third kappa shape index (κ3) is 2.51. The summed E-state index contributed by atoms with van der Waals surface area (Å²) in [4.78, 5) is 22.0. The van der Waals surface area contributed by atoms with Gasteiger partial charge in [-0.2, -0.15) is 0 Å². The van der Waals surface area contributed by atoms with Crippen molar-refractivity contribution in [3.05, 3.63) is 34.3 Å². The molecule has 0 amide bonds. The lowest BCUT2D eigenvalue weighted by Crippen LogP contribution is -2.33. The average molecular weight is 265 g/mol. The Kier molecular flexibility index (Phi) is 3.41. The summed E-state index contributed by atoms with van der Waals surface area (Å²) in [7, 11) is 1.61. The van der Waals surface area contributed by atoms with Crippen LogP contribution in [0.25, 0.3) is 11.1 Å². The van der Waals surface area contributed by atoms with Crippen LogP contribution in [0.1, 0.15) is 18.0 Å². The van der Waals surface area contributed by atoms with Gasteiger partial charge in [0.05, 0.1) is 5.52 Å². The van der Waals surface area contributed by atoms with Crippen LogP contribution in [0.3, 0.4) is 0 Å². The van der Waals surface area contributed by atoms with E-state index < -0.39 is 23.8 Å². The van der Waals surface area contributed by atoms with Gasteiger partial charge in [-0.15, -0.1) is 0 Å². The normalized spacial score (nSPS) is 14.5. The number of nitrogens with two attached hydrogens (primary N) is 2. The van der Waals surface area contributed by atoms with Gasteiger partial charge in [-0.05, 0) is 24.1 Å². The molecule has 2 unspecified atom stereocenters. The first-order chi connectivity index (χ1) is 8.90. The Morgan fingerprint density at radius 3 is 2.79 bits per heavy atom. The molecule has 7 heteroatoms. The molecule has 2 atom stereocenters. The van der Waals surface area contributed by atoms with Crippen molar-refractivity contribution in [1.82, 2.24) is 4.57 Å². The molecule has 5 N–H and O–H groups in total. The van der Waals surface area contributed by atoms with Gasteiger partial charge in [0.2, 0.25) is 0 Å². The number of carboxylic acid groups (broad SMARTS) is 1. The van der Waals surface area contributed by atoms with Crippen LogP contribution >= 0.6 is 0 Å². The lowest BCUT2D eigenvalue weighted by Gasteiger charge is -2.14. The molecule has 0 fully saturated rings. The molecule has 0 aliphatic heterocycles. The van der Waals surface area contributed by atoms with Crippen molar-refractivity contribution < 1.29 is 14.3 Å². The van der Waals surface area contributed by atoms with Crippen LogP contribution in [0.5, 0.6) is 0 Å². The first-order valence-corrected chi connectivity index (χ1v) is 5.73. The highest BCUT2D eigenvalue weighted by atomic mass is 16.4. The van der Waals surface area contributed by atoms with Crippen molar-refractivity contribution in [2.45, 2.75) is 18.5 Å². The Balaban J connectivity index is 2.30. The van der Waals surface area contributed by atoms with E-state index in [-0.39, 0.29) is 6.42 Å². The molecule has 0 saturated carbocycles. The van der Waals surface area contributed by atoms with E-state index in [1.54, 1.807) is 25.2 Å². The molecule has 2 rings (SSSR count). The second kappa shape index (κ2) is 4.87. The van der Waals surface area contributed by atoms with Crippen molar-refractivity contribution in [2.75, 3.05) is 0 Å². The van der Waals surface area contributed by atoms with Gasteiger partial charge < -0.3 is 21.0 Å². The highest BCUT2D eigenvalue weighted by Crippen LogP contribution is 2.20. The predicted octanol–water partition coefficient (Wildman–Crippen LogP) is -0.0667. The highest BCUT2D eigenvalue weighted by molar-refractivity contribution is 5.74. The molecule has 0 spiro atoms. The fourth-order valence-electron chi connectivity index (χ4n) is 1.89. The quantitative estimate of drug-likeness (QED) is 0.711. The van der Waals surface area contributed by atoms with Crippen molar-refractivity contribution in [1.29, 1.82) is 0 Å². The maximum Gasteiger partial charge on any atom is 0.419 e. The molecular weight excluding hydrogens is 250 g/mol. The largest absolute Gasteiger partial charge is 0.480 e. The number of benzene rings is 1. The third-order valence-corrected chi connectivity index (χ3v) is 3.07. The van der Waals surface area contributed by atoms with Crippen LogP contribution in [-0.2, 0) is 11.8 Å². The van der Waals surface area contributed by atoms with E-state index >= 15 is 0 Å². The van der Waals surface area contributed by atoms with E-state index in [4.69, 9.17) is 21.0 Å². The van der Waals surface area contributed by atoms with Gasteiger partial charge in [-0.1, -0.05) is 6.07 Å². The van der Waals surface area contributed by atoms with Crippen LogP contribution in [0.2, 0.25) is 0 Å². The Hall–Kier alpha value is -2.12. The lowest BCUT2D eigenvalue weighted by atomic mass is 10.0. The molecule has 1 aromatic heterocycles. The van der Waals surface area contributed by atoms with Crippen molar-refractivity contribution in [2.24, 2.45) is 18.5 Å². The number of aryl methyl sites for hydroxylation is 1. The van der Waals surface area contributed by atoms with Crippen LogP contribution in [-0.4, -0.2) is 21.7 Å². The second-order valence-electron chi connectivity index (χ2n) is 4.44. The number of carbonyl (C=O) groups is 1. The van der Waals surface area contributed by atoms with Gasteiger partial charge in [0.15, 0.2) is 5.58 Å². The fourth-order valence-corrected chi connectivity index (χ4v) is 1.89. The number of aromatic nitrogens is 1. The predicted molar refractivity (Wildman–Crippen MR) is 68.6 cm³/mol. The minimum atomic E-state index is -1.09. The van der Waals surface area contributed by atoms with Gasteiger partial charge >= 0.3 is 11.7 Å². The van der Waals surface area contributed by atoms with E-state index in [0.717, 1.165) is 0 Å². The average Bonchev–Trinajstić information content (AvgIpc) is 2.64. The second-order valence-corrected chi connectivity index (χ2v) is 4.44. The maximum atomic E-state index is 11.4. The molecule has 0 aliphatic carbocycles. The molecule has 1 aromatic carbocycles. The van der Waals surface area contributed by atoms with Crippen LogP contribution in [0.4, 0.5) is 0 Å². The monoisotopic (exact) mass is 265 g/mol. The molecule has 0 saturated heterocycles. The zero-order valence-electron chi connectivity index (χ0n) is 10.4. The Morgan fingerprint density at radius 1 is 1.47 bits per heavy atom. The number of carboxylic acids is 1. The number of aliphatic carboxylic acids is 1. The highest BCUT2D eigenvalue weighted by Gasteiger charge is 2.18. The summed E-state index contributed by atoms with van der Waals surface area (Å²) in [5.74, 6) is -1.55. The molecule has 102 valence electrons. The minimum absolute atomic E-state index is 0.109. The summed E-state index contributed by atoms with van der Waals surface area (Å²) in [6, 6.07) is 3.53. The van der Waals surface area contributed by atoms with E-state index in [9.17, 15) is 9.59 Å². The zero-order valence-corrected chi connectivity index (χ0v) is 10.4. The summed E-state index contributed by atoms with van der Waals surface area (Å²) < 4.78 is 6.43. The number of hydrogen-bond acceptors (Lipinski definition) is 5. The van der Waals surface area contributed by atoms with E-state index in [1.165, 1.54) is 4.57 Å². The smallest absolute Gasteiger partial charge is 0.419 e. The molecule has 0 bridgehead atoms. The van der Waals surface area contributed by atoms with Crippen molar-refractivity contribution in [3.8, 4) is 0 Å². The molecule has 7 nitrogen and oxygen atoms in total. The Labute approximate surface area is 108 Å². The van der Waals surface area contributed by atoms with E-state index in [1.807, 2.05) is 0 Å². The van der Waals surface area contributed by atoms with E-state index in [2.05, 4.69) is 0 Å². The lowest BCUT2D eigenvalue weighted by molar-refractivity contribution is -0.138. The van der Waals surface area contributed by atoms with Crippen LogP contribution < -0.4 is 17.2 Å². The van der Waals surface area contributed by atoms with Gasteiger partial charge in [-0.3, -0.25) is 9.36 Å². The molecule has 0 aliphatic rings. The summed E-state index contributed by atoms with van der Waals surface area (Å²) in [6.45, 7) is 0. The SMILES string of the molecule is Cn1c(=O)oc2cc(C(N)CC(N)C(=O)O)ccc21. The number of nitrogens with zero attached hydrogens (tertiary/aromatic N) is 1. The Morgan fingerprint density at radius 2 is 2.16 bits per heavy atom. The number of fused-ring (bicyclic) bond motifs is 1. The molecular formula is C12H15N3O4. The zero-order chi connectivity index (χ0) is 14.2. The fraction of sp³-hybridized carbons (Fsp3) is 0.333. The van der Waals surface area contributed by atoms with Crippen LogP contribution in [0, 0.1) is 0 Å². The number of rotatable bonds is 4. The van der Waals surface area contributed by atoms with E-state index in [0.29, 0.717) is 16.7 Å². The van der Waals surface area contributed by atoms with Gasteiger partial charge in [0.25, 0.3) is 0 Å². The number of hydrogen-bond donors (Lipinski definition) is 3. The maximum absolute atomic E-state index is 11.4. The van der Waals surface area contributed by atoms with Gasteiger partial charge in [0, 0.05) is 13.1 Å². The summed E-state index contributed by atoms with van der Waals surface area (Å²) >= 11 is 0. The topological polar surface area (TPSA) is 124 Å². The summed E-state index contributed by atoms with van der Waals surface area (Å²) in [5.41, 5.74) is 13.1.